The molecule has 0 saturated heterocycles. The molecule has 0 aliphatic heterocycles. The molecule has 1 atom stereocenters. The Balaban J connectivity index is 1.96. The summed E-state index contributed by atoms with van der Waals surface area (Å²) >= 11 is 0. The van der Waals surface area contributed by atoms with Gasteiger partial charge in [0.2, 0.25) is 0 Å². The molecule has 2 aromatic rings. The lowest BCUT2D eigenvalue weighted by molar-refractivity contribution is -0.150. The van der Waals surface area contributed by atoms with Crippen molar-refractivity contribution in [3.05, 3.63) is 59.7 Å². The Morgan fingerprint density at radius 3 is 2.39 bits per heavy atom. The van der Waals surface area contributed by atoms with E-state index in [0.29, 0.717) is 38.5 Å². The van der Waals surface area contributed by atoms with Crippen LogP contribution in [0, 0.1) is 0 Å². The van der Waals surface area contributed by atoms with Crippen LogP contribution in [0.15, 0.2) is 48.5 Å². The largest absolute Gasteiger partial charge is 0.492 e. The molecule has 2 aromatic carbocycles. The molecule has 0 aliphatic rings. The van der Waals surface area contributed by atoms with Gasteiger partial charge in [-0.05, 0) is 55.7 Å². The number of amides is 2. The first-order valence-corrected chi connectivity index (χ1v) is 12.5. The minimum absolute atomic E-state index is 0.0419. The number of nitrogens with zero attached hydrogens (tertiary/aromatic N) is 1. The number of nitrogens with one attached hydrogen (secondary N) is 1. The van der Waals surface area contributed by atoms with Crippen molar-refractivity contribution in [3.8, 4) is 5.75 Å². The summed E-state index contributed by atoms with van der Waals surface area (Å²) in [5, 5.41) is 11.8. The number of carboxylic acids is 1. The molecule has 210 valence electrons. The van der Waals surface area contributed by atoms with Gasteiger partial charge in [-0.1, -0.05) is 25.1 Å². The van der Waals surface area contributed by atoms with E-state index in [1.165, 1.54) is 17.0 Å². The fourth-order valence-electron chi connectivity index (χ4n) is 3.52. The van der Waals surface area contributed by atoms with E-state index >= 15 is 0 Å². The topological polar surface area (TPSA) is 97.3 Å². The van der Waals surface area contributed by atoms with Crippen LogP contribution < -0.4 is 10.1 Å². The fourth-order valence-corrected chi connectivity index (χ4v) is 3.52. The minimum atomic E-state index is -4.52. The van der Waals surface area contributed by atoms with Gasteiger partial charge < -0.3 is 29.5 Å². The molecule has 0 radical (unpaired) electrons. The Hall–Kier alpha value is -3.31. The zero-order valence-electron chi connectivity index (χ0n) is 21.6. The van der Waals surface area contributed by atoms with Crippen LogP contribution in [0.5, 0.6) is 5.75 Å². The summed E-state index contributed by atoms with van der Waals surface area (Å²) in [6.07, 6.45) is -3.81. The van der Waals surface area contributed by atoms with Crippen molar-refractivity contribution in [2.24, 2.45) is 0 Å². The van der Waals surface area contributed by atoms with E-state index in [2.05, 4.69) is 5.32 Å². The number of aliphatic carboxylic acids is 1. The third-order valence-corrected chi connectivity index (χ3v) is 5.41. The summed E-state index contributed by atoms with van der Waals surface area (Å²) in [4.78, 5) is 25.6. The van der Waals surface area contributed by atoms with E-state index in [4.69, 9.17) is 14.2 Å². The van der Waals surface area contributed by atoms with Crippen LogP contribution in [0.2, 0.25) is 0 Å². The van der Waals surface area contributed by atoms with E-state index in [9.17, 15) is 27.9 Å². The van der Waals surface area contributed by atoms with Crippen LogP contribution in [-0.2, 0) is 26.9 Å². The van der Waals surface area contributed by atoms with Crippen molar-refractivity contribution in [1.29, 1.82) is 0 Å². The molecule has 38 heavy (non-hydrogen) atoms. The molecule has 0 fully saturated rings. The SMILES string of the molecule is CCCOCCCN(CCOc1ccc(CC(OCC)C(=O)O)cc1)C(=O)Nc1cccc(C(F)(F)F)c1. The highest BCUT2D eigenvalue weighted by Gasteiger charge is 2.30. The number of halogens is 3. The summed E-state index contributed by atoms with van der Waals surface area (Å²) < 4.78 is 55.5. The average Bonchev–Trinajstić information content (AvgIpc) is 2.87. The minimum Gasteiger partial charge on any atom is -0.492 e. The Labute approximate surface area is 220 Å². The van der Waals surface area contributed by atoms with Crippen molar-refractivity contribution < 1.29 is 42.1 Å². The monoisotopic (exact) mass is 540 g/mol. The summed E-state index contributed by atoms with van der Waals surface area (Å²) in [6.45, 7) is 5.71. The summed E-state index contributed by atoms with van der Waals surface area (Å²) in [5.74, 6) is -0.502. The highest BCUT2D eigenvalue weighted by molar-refractivity contribution is 5.89. The van der Waals surface area contributed by atoms with Crippen molar-refractivity contribution in [1.82, 2.24) is 4.90 Å². The van der Waals surface area contributed by atoms with Gasteiger partial charge in [-0.2, -0.15) is 13.2 Å². The lowest BCUT2D eigenvalue weighted by Gasteiger charge is -2.23. The van der Waals surface area contributed by atoms with Crippen molar-refractivity contribution >= 4 is 17.7 Å². The van der Waals surface area contributed by atoms with Crippen molar-refractivity contribution in [2.75, 3.05) is 44.8 Å². The second-order valence-corrected chi connectivity index (χ2v) is 8.44. The number of benzene rings is 2. The maximum atomic E-state index is 13.0. The van der Waals surface area contributed by atoms with Gasteiger partial charge in [0.1, 0.15) is 12.4 Å². The zero-order chi connectivity index (χ0) is 28.0. The number of alkyl halides is 3. The average molecular weight is 541 g/mol. The predicted molar refractivity (Wildman–Crippen MR) is 136 cm³/mol. The third kappa shape index (κ3) is 11.0. The third-order valence-electron chi connectivity index (χ3n) is 5.41. The van der Waals surface area contributed by atoms with Gasteiger partial charge in [-0.3, -0.25) is 0 Å². The number of anilines is 1. The molecule has 0 aromatic heterocycles. The molecule has 0 saturated carbocycles. The summed E-state index contributed by atoms with van der Waals surface area (Å²) in [7, 11) is 0. The van der Waals surface area contributed by atoms with Gasteiger partial charge >= 0.3 is 18.2 Å². The van der Waals surface area contributed by atoms with Gasteiger partial charge in [-0.15, -0.1) is 0 Å². The van der Waals surface area contributed by atoms with E-state index in [1.54, 1.807) is 31.2 Å². The highest BCUT2D eigenvalue weighted by Crippen LogP contribution is 2.30. The van der Waals surface area contributed by atoms with Crippen LogP contribution in [-0.4, -0.2) is 67.6 Å². The second kappa shape index (κ2) is 15.8. The molecule has 1 unspecified atom stereocenters. The highest BCUT2D eigenvalue weighted by atomic mass is 19.4. The number of carboxylic acid groups (broad SMARTS) is 1. The van der Waals surface area contributed by atoms with Crippen LogP contribution in [0.1, 0.15) is 37.8 Å². The second-order valence-electron chi connectivity index (χ2n) is 8.44. The number of rotatable bonds is 16. The molecule has 8 nitrogen and oxygen atoms in total. The number of ether oxygens (including phenoxy) is 3. The Morgan fingerprint density at radius 1 is 1.03 bits per heavy atom. The van der Waals surface area contributed by atoms with Crippen LogP contribution in [0.4, 0.5) is 23.7 Å². The molecule has 0 aliphatic carbocycles. The number of hydrogen-bond acceptors (Lipinski definition) is 5. The Bertz CT molecular complexity index is 1000. The van der Waals surface area contributed by atoms with E-state index < -0.39 is 29.8 Å². The Morgan fingerprint density at radius 2 is 1.76 bits per heavy atom. The summed E-state index contributed by atoms with van der Waals surface area (Å²) in [5.41, 5.74) is -0.0369. The zero-order valence-corrected chi connectivity index (χ0v) is 21.6. The lowest BCUT2D eigenvalue weighted by Crippen LogP contribution is -2.39. The van der Waals surface area contributed by atoms with Crippen LogP contribution in [0.3, 0.4) is 0 Å². The molecular formula is C27H35F3N2O6. The molecule has 2 rings (SSSR count). The van der Waals surface area contributed by atoms with Gasteiger partial charge in [0.25, 0.3) is 0 Å². The molecule has 0 heterocycles. The number of hydrogen-bond donors (Lipinski definition) is 2. The summed E-state index contributed by atoms with van der Waals surface area (Å²) in [6, 6.07) is 10.8. The van der Waals surface area contributed by atoms with Gasteiger partial charge in [0, 0.05) is 38.5 Å². The first kappa shape index (κ1) is 30.9. The van der Waals surface area contributed by atoms with Crippen LogP contribution >= 0.6 is 0 Å². The molecule has 2 amide bonds. The maximum Gasteiger partial charge on any atom is 0.416 e. The van der Waals surface area contributed by atoms with Crippen molar-refractivity contribution in [2.45, 2.75) is 45.4 Å². The first-order chi connectivity index (χ1) is 18.1. The molecule has 0 bridgehead atoms. The van der Waals surface area contributed by atoms with Gasteiger partial charge in [-0.25, -0.2) is 9.59 Å². The van der Waals surface area contributed by atoms with E-state index in [0.717, 1.165) is 24.1 Å². The smallest absolute Gasteiger partial charge is 0.416 e. The van der Waals surface area contributed by atoms with Gasteiger partial charge in [0.05, 0.1) is 12.1 Å². The fraction of sp³-hybridized carbons (Fsp3) is 0.481. The Kier molecular flexibility index (Phi) is 12.9. The molecule has 11 heteroatoms. The lowest BCUT2D eigenvalue weighted by atomic mass is 10.1. The van der Waals surface area contributed by atoms with Crippen LogP contribution in [0.25, 0.3) is 0 Å². The number of carbonyl (C=O) groups excluding carboxylic acids is 1. The maximum absolute atomic E-state index is 13.0. The quantitative estimate of drug-likeness (QED) is 0.274. The van der Waals surface area contributed by atoms with E-state index in [-0.39, 0.29) is 25.3 Å². The molecule has 2 N–H and O–H groups in total. The van der Waals surface area contributed by atoms with E-state index in [1.807, 2.05) is 6.92 Å². The van der Waals surface area contributed by atoms with Gasteiger partial charge in [0.15, 0.2) is 6.10 Å². The number of carbonyl (C=O) groups is 2. The normalized spacial score (nSPS) is 12.1. The first-order valence-electron chi connectivity index (χ1n) is 12.5. The predicted octanol–water partition coefficient (Wildman–Crippen LogP) is 5.47. The molecular weight excluding hydrogens is 505 g/mol. The molecule has 0 spiro atoms. The van der Waals surface area contributed by atoms with Crippen molar-refractivity contribution in [3.63, 3.8) is 0 Å². The standard InChI is InChI=1S/C27H35F3N2O6/c1-3-15-36-16-6-13-32(26(35)31-22-8-5-7-21(19-22)27(28,29)30)14-17-38-23-11-9-20(10-12-23)18-24(25(33)34)37-4-2/h5,7-12,19,24H,3-4,6,13-18H2,1-2H3,(H,31,35)(H,33,34). The number of urea groups is 1.